The van der Waals surface area contributed by atoms with Crippen LogP contribution in [0.2, 0.25) is 0 Å². The van der Waals surface area contributed by atoms with E-state index in [-0.39, 0.29) is 30.0 Å². The van der Waals surface area contributed by atoms with E-state index in [2.05, 4.69) is 5.32 Å². The zero-order valence-corrected chi connectivity index (χ0v) is 22.0. The highest BCUT2D eigenvalue weighted by Gasteiger charge is 2.32. The number of nitrogens with one attached hydrogen (secondary N) is 1. The Labute approximate surface area is 220 Å². The molecule has 0 fully saturated rings. The van der Waals surface area contributed by atoms with Gasteiger partial charge in [-0.1, -0.05) is 56.3 Å². The SMILES string of the molecule is COc1ccc(CN(CC(C)C)C(=O)NCc2ccccc2)cc1OS(=O)(=O)c1cccc(C(F)(F)F)c1. The van der Waals surface area contributed by atoms with E-state index in [1.807, 2.05) is 44.2 Å². The maximum Gasteiger partial charge on any atom is 0.416 e. The maximum atomic E-state index is 13.1. The second-order valence-electron chi connectivity index (χ2n) is 8.97. The molecule has 0 spiro atoms. The Morgan fingerprint density at radius 2 is 1.66 bits per heavy atom. The van der Waals surface area contributed by atoms with Crippen LogP contribution in [0.4, 0.5) is 18.0 Å². The first kappa shape index (κ1) is 28.8. The van der Waals surface area contributed by atoms with Crippen LogP contribution in [-0.2, 0) is 29.4 Å². The second kappa shape index (κ2) is 12.2. The predicted octanol–water partition coefficient (Wildman–Crippen LogP) is 5.85. The molecule has 0 heterocycles. The molecule has 7 nitrogen and oxygen atoms in total. The van der Waals surface area contributed by atoms with Crippen LogP contribution in [0, 0.1) is 5.92 Å². The maximum absolute atomic E-state index is 13.1. The fraction of sp³-hybridized carbons (Fsp3) is 0.296. The zero-order valence-electron chi connectivity index (χ0n) is 21.2. The molecule has 0 bridgehead atoms. The Hall–Kier alpha value is -3.73. The van der Waals surface area contributed by atoms with Gasteiger partial charge in [-0.3, -0.25) is 0 Å². The molecule has 3 rings (SSSR count). The van der Waals surface area contributed by atoms with Gasteiger partial charge in [-0.25, -0.2) is 4.79 Å². The van der Waals surface area contributed by atoms with Gasteiger partial charge < -0.3 is 19.1 Å². The number of benzene rings is 3. The molecule has 0 radical (unpaired) electrons. The quantitative estimate of drug-likeness (QED) is 0.320. The van der Waals surface area contributed by atoms with Crippen LogP contribution in [0.25, 0.3) is 0 Å². The Balaban J connectivity index is 1.83. The lowest BCUT2D eigenvalue weighted by Crippen LogP contribution is -2.41. The van der Waals surface area contributed by atoms with Gasteiger partial charge in [0.1, 0.15) is 4.90 Å². The molecule has 0 unspecified atom stereocenters. The molecule has 0 aliphatic carbocycles. The molecule has 0 aromatic heterocycles. The summed E-state index contributed by atoms with van der Waals surface area (Å²) in [5.41, 5.74) is 0.356. The molecule has 0 atom stereocenters. The topological polar surface area (TPSA) is 84.9 Å². The number of ether oxygens (including phenoxy) is 1. The molecular formula is C27H29F3N2O5S. The predicted molar refractivity (Wildman–Crippen MR) is 136 cm³/mol. The Morgan fingerprint density at radius 3 is 2.29 bits per heavy atom. The Kier molecular flexibility index (Phi) is 9.26. The van der Waals surface area contributed by atoms with E-state index >= 15 is 0 Å². The van der Waals surface area contributed by atoms with Gasteiger partial charge in [0.15, 0.2) is 11.5 Å². The number of urea groups is 1. The van der Waals surface area contributed by atoms with Gasteiger partial charge in [-0.2, -0.15) is 21.6 Å². The number of hydrogen-bond acceptors (Lipinski definition) is 5. The minimum absolute atomic E-state index is 0.0632. The monoisotopic (exact) mass is 550 g/mol. The van der Waals surface area contributed by atoms with E-state index in [4.69, 9.17) is 8.92 Å². The molecule has 38 heavy (non-hydrogen) atoms. The van der Waals surface area contributed by atoms with Gasteiger partial charge in [-0.05, 0) is 47.4 Å². The van der Waals surface area contributed by atoms with Crippen molar-refractivity contribution in [2.24, 2.45) is 5.92 Å². The molecule has 1 N–H and O–H groups in total. The molecule has 3 aromatic rings. The van der Waals surface area contributed by atoms with Crippen molar-refractivity contribution in [3.63, 3.8) is 0 Å². The van der Waals surface area contributed by atoms with Gasteiger partial charge in [0.05, 0.1) is 12.7 Å². The second-order valence-corrected chi connectivity index (χ2v) is 10.5. The summed E-state index contributed by atoms with van der Waals surface area (Å²) >= 11 is 0. The fourth-order valence-corrected chi connectivity index (χ4v) is 4.62. The summed E-state index contributed by atoms with van der Waals surface area (Å²) in [7, 11) is -3.31. The highest BCUT2D eigenvalue weighted by atomic mass is 32.2. The van der Waals surface area contributed by atoms with E-state index in [0.29, 0.717) is 24.7 Å². The van der Waals surface area contributed by atoms with E-state index in [0.717, 1.165) is 23.8 Å². The summed E-state index contributed by atoms with van der Waals surface area (Å²) in [5, 5.41) is 2.88. The smallest absolute Gasteiger partial charge is 0.416 e. The van der Waals surface area contributed by atoms with Crippen molar-refractivity contribution in [2.75, 3.05) is 13.7 Å². The number of rotatable bonds is 10. The molecule has 0 aliphatic rings. The van der Waals surface area contributed by atoms with Crippen molar-refractivity contribution < 1.29 is 35.3 Å². The van der Waals surface area contributed by atoms with Crippen LogP contribution in [0.15, 0.2) is 77.7 Å². The standard InChI is InChI=1S/C27H29F3N2O5S/c1-19(2)17-32(26(33)31-16-20-8-5-4-6-9-20)18-21-12-13-24(36-3)25(14-21)37-38(34,35)23-11-7-10-22(15-23)27(28,29)30/h4-15,19H,16-18H2,1-3H3,(H,31,33). The number of halogens is 3. The Bertz CT molecular complexity index is 1350. The molecule has 0 saturated carbocycles. The zero-order chi connectivity index (χ0) is 27.9. The average Bonchev–Trinajstić information content (AvgIpc) is 2.87. The van der Waals surface area contributed by atoms with Crippen LogP contribution < -0.4 is 14.2 Å². The van der Waals surface area contributed by atoms with E-state index in [1.165, 1.54) is 19.2 Å². The van der Waals surface area contributed by atoms with Crippen LogP contribution in [0.1, 0.15) is 30.5 Å². The van der Waals surface area contributed by atoms with E-state index in [1.54, 1.807) is 11.0 Å². The van der Waals surface area contributed by atoms with Crippen LogP contribution in [-0.4, -0.2) is 33.0 Å². The number of methoxy groups -OCH3 is 1. The highest BCUT2D eigenvalue weighted by molar-refractivity contribution is 7.87. The fourth-order valence-electron chi connectivity index (χ4n) is 3.64. The van der Waals surface area contributed by atoms with E-state index < -0.39 is 26.8 Å². The number of amides is 2. The third-order valence-electron chi connectivity index (χ3n) is 5.41. The lowest BCUT2D eigenvalue weighted by atomic mass is 10.1. The van der Waals surface area contributed by atoms with Crippen molar-refractivity contribution >= 4 is 16.1 Å². The molecule has 204 valence electrons. The van der Waals surface area contributed by atoms with Crippen molar-refractivity contribution in [3.05, 3.63) is 89.5 Å². The molecule has 2 amide bonds. The van der Waals surface area contributed by atoms with E-state index in [9.17, 15) is 26.4 Å². The summed E-state index contributed by atoms with van der Waals surface area (Å²) in [6.45, 7) is 4.80. The lowest BCUT2D eigenvalue weighted by molar-refractivity contribution is -0.137. The average molecular weight is 551 g/mol. The summed E-state index contributed by atoms with van der Waals surface area (Å²) in [6.07, 6.45) is -4.72. The molecule has 0 saturated heterocycles. The van der Waals surface area contributed by atoms with Crippen molar-refractivity contribution in [3.8, 4) is 11.5 Å². The summed E-state index contributed by atoms with van der Waals surface area (Å²) in [5.74, 6) is -0.00225. The first-order chi connectivity index (χ1) is 17.9. The largest absolute Gasteiger partial charge is 0.493 e. The van der Waals surface area contributed by atoms with Crippen molar-refractivity contribution in [1.82, 2.24) is 10.2 Å². The minimum Gasteiger partial charge on any atom is -0.493 e. The summed E-state index contributed by atoms with van der Waals surface area (Å²) < 4.78 is 75.4. The lowest BCUT2D eigenvalue weighted by Gasteiger charge is -2.25. The van der Waals surface area contributed by atoms with Crippen LogP contribution >= 0.6 is 0 Å². The molecule has 3 aromatic carbocycles. The number of nitrogens with zero attached hydrogens (tertiary/aromatic N) is 1. The van der Waals surface area contributed by atoms with Gasteiger partial charge in [-0.15, -0.1) is 0 Å². The molecule has 0 aliphatic heterocycles. The summed E-state index contributed by atoms with van der Waals surface area (Å²) in [4.78, 5) is 13.9. The third-order valence-corrected chi connectivity index (χ3v) is 6.64. The van der Waals surface area contributed by atoms with Gasteiger partial charge in [0.2, 0.25) is 0 Å². The summed E-state index contributed by atoms with van der Waals surface area (Å²) in [6, 6.07) is 16.9. The first-order valence-electron chi connectivity index (χ1n) is 11.7. The number of carbonyl (C=O) groups excluding carboxylic acids is 1. The minimum atomic E-state index is -4.72. The van der Waals surface area contributed by atoms with Crippen molar-refractivity contribution in [1.29, 1.82) is 0 Å². The number of hydrogen-bond donors (Lipinski definition) is 1. The number of carbonyl (C=O) groups is 1. The Morgan fingerprint density at radius 1 is 0.947 bits per heavy atom. The van der Waals surface area contributed by atoms with Gasteiger partial charge in [0, 0.05) is 19.6 Å². The highest BCUT2D eigenvalue weighted by Crippen LogP contribution is 2.34. The van der Waals surface area contributed by atoms with Crippen molar-refractivity contribution in [2.45, 2.75) is 38.0 Å². The number of alkyl halides is 3. The first-order valence-corrected chi connectivity index (χ1v) is 13.1. The van der Waals surface area contributed by atoms with Gasteiger partial charge in [0.25, 0.3) is 0 Å². The molecule has 11 heteroatoms. The third kappa shape index (κ3) is 7.88. The van der Waals surface area contributed by atoms with Gasteiger partial charge >= 0.3 is 22.3 Å². The van der Waals surface area contributed by atoms with Crippen LogP contribution in [0.3, 0.4) is 0 Å². The molecular weight excluding hydrogens is 521 g/mol. The normalized spacial score (nSPS) is 11.8. The van der Waals surface area contributed by atoms with Crippen LogP contribution in [0.5, 0.6) is 11.5 Å².